The van der Waals surface area contributed by atoms with Crippen molar-refractivity contribution in [3.05, 3.63) is 41.5 Å². The van der Waals surface area contributed by atoms with E-state index in [0.29, 0.717) is 6.04 Å². The standard InChI is InChI=1S/C19H29N5/c1-4-10-24-14-21-22-19(24)13-20-17-8-11-23(12-9-17)18-7-5-6-15(2)16(18)3/h5-7,14,17,20H,4,8-13H2,1-3H3. The molecule has 1 N–H and O–H groups in total. The highest BCUT2D eigenvalue weighted by Gasteiger charge is 2.20. The molecule has 1 aliphatic rings. The van der Waals surface area contributed by atoms with Crippen LogP contribution in [-0.4, -0.2) is 33.9 Å². The van der Waals surface area contributed by atoms with Crippen molar-refractivity contribution < 1.29 is 0 Å². The summed E-state index contributed by atoms with van der Waals surface area (Å²) in [5.74, 6) is 1.05. The predicted octanol–water partition coefficient (Wildman–Crippen LogP) is 3.06. The largest absolute Gasteiger partial charge is 0.371 e. The molecule has 5 heteroatoms. The molecular formula is C19H29N5. The van der Waals surface area contributed by atoms with Crippen molar-refractivity contribution in [2.45, 2.75) is 59.2 Å². The maximum Gasteiger partial charge on any atom is 0.146 e. The number of benzene rings is 1. The van der Waals surface area contributed by atoms with Gasteiger partial charge in [-0.05, 0) is 50.3 Å². The molecule has 1 saturated heterocycles. The molecule has 0 saturated carbocycles. The first-order chi connectivity index (χ1) is 11.7. The molecule has 0 unspecified atom stereocenters. The van der Waals surface area contributed by atoms with E-state index in [1.54, 1.807) is 0 Å². The van der Waals surface area contributed by atoms with Crippen LogP contribution in [0.5, 0.6) is 0 Å². The van der Waals surface area contributed by atoms with Crippen LogP contribution in [0.2, 0.25) is 0 Å². The van der Waals surface area contributed by atoms with Crippen LogP contribution in [0.3, 0.4) is 0 Å². The average molecular weight is 327 g/mol. The smallest absolute Gasteiger partial charge is 0.146 e. The van der Waals surface area contributed by atoms with Gasteiger partial charge in [-0.15, -0.1) is 10.2 Å². The molecule has 1 aromatic heterocycles. The van der Waals surface area contributed by atoms with E-state index in [1.165, 1.54) is 29.7 Å². The van der Waals surface area contributed by atoms with E-state index in [0.717, 1.165) is 38.4 Å². The van der Waals surface area contributed by atoms with Crippen molar-refractivity contribution in [3.8, 4) is 0 Å². The molecule has 24 heavy (non-hydrogen) atoms. The number of hydrogen-bond acceptors (Lipinski definition) is 4. The lowest BCUT2D eigenvalue weighted by molar-refractivity contribution is 0.405. The molecule has 0 aliphatic carbocycles. The first-order valence-electron chi connectivity index (χ1n) is 9.10. The van der Waals surface area contributed by atoms with Gasteiger partial charge in [0, 0.05) is 31.4 Å². The van der Waals surface area contributed by atoms with Crippen LogP contribution in [0, 0.1) is 13.8 Å². The van der Waals surface area contributed by atoms with E-state index in [-0.39, 0.29) is 0 Å². The average Bonchev–Trinajstić information content (AvgIpc) is 3.04. The van der Waals surface area contributed by atoms with Gasteiger partial charge in [0.25, 0.3) is 0 Å². The highest BCUT2D eigenvalue weighted by atomic mass is 15.3. The van der Waals surface area contributed by atoms with Gasteiger partial charge >= 0.3 is 0 Å². The first-order valence-corrected chi connectivity index (χ1v) is 9.10. The molecule has 2 heterocycles. The van der Waals surface area contributed by atoms with Gasteiger partial charge in [-0.2, -0.15) is 0 Å². The van der Waals surface area contributed by atoms with Crippen molar-refractivity contribution >= 4 is 5.69 Å². The van der Waals surface area contributed by atoms with Gasteiger partial charge in [0.2, 0.25) is 0 Å². The molecule has 3 rings (SSSR count). The Labute approximate surface area is 145 Å². The summed E-state index contributed by atoms with van der Waals surface area (Å²) in [6.45, 7) is 10.6. The monoisotopic (exact) mass is 327 g/mol. The van der Waals surface area contributed by atoms with E-state index >= 15 is 0 Å². The maximum atomic E-state index is 4.24. The molecule has 0 radical (unpaired) electrons. The maximum absolute atomic E-state index is 4.24. The Morgan fingerprint density at radius 3 is 2.75 bits per heavy atom. The fourth-order valence-corrected chi connectivity index (χ4v) is 3.48. The van der Waals surface area contributed by atoms with Crippen LogP contribution >= 0.6 is 0 Å². The zero-order valence-corrected chi connectivity index (χ0v) is 15.1. The Morgan fingerprint density at radius 2 is 2.00 bits per heavy atom. The molecule has 1 fully saturated rings. The van der Waals surface area contributed by atoms with E-state index in [2.05, 4.69) is 64.0 Å². The molecule has 1 aromatic carbocycles. The molecule has 0 spiro atoms. The summed E-state index contributed by atoms with van der Waals surface area (Å²) in [6, 6.07) is 7.18. The SMILES string of the molecule is CCCn1cnnc1CNC1CCN(c2cccc(C)c2C)CC1. The minimum Gasteiger partial charge on any atom is -0.371 e. The minimum absolute atomic E-state index is 0.568. The Kier molecular flexibility index (Phi) is 5.51. The lowest BCUT2D eigenvalue weighted by Gasteiger charge is -2.35. The summed E-state index contributed by atoms with van der Waals surface area (Å²) >= 11 is 0. The molecule has 0 atom stereocenters. The van der Waals surface area contributed by atoms with Gasteiger partial charge in [0.15, 0.2) is 0 Å². The van der Waals surface area contributed by atoms with Crippen molar-refractivity contribution in [2.75, 3.05) is 18.0 Å². The second kappa shape index (κ2) is 7.79. The molecule has 1 aliphatic heterocycles. The highest BCUT2D eigenvalue weighted by Crippen LogP contribution is 2.25. The first kappa shape index (κ1) is 17.0. The van der Waals surface area contributed by atoms with Crippen LogP contribution < -0.4 is 10.2 Å². The third-order valence-corrected chi connectivity index (χ3v) is 5.12. The van der Waals surface area contributed by atoms with Crippen molar-refractivity contribution in [1.29, 1.82) is 0 Å². The fourth-order valence-electron chi connectivity index (χ4n) is 3.48. The van der Waals surface area contributed by atoms with Crippen molar-refractivity contribution in [1.82, 2.24) is 20.1 Å². The molecule has 130 valence electrons. The number of nitrogens with zero attached hydrogens (tertiary/aromatic N) is 4. The number of hydrogen-bond donors (Lipinski definition) is 1. The van der Waals surface area contributed by atoms with Gasteiger partial charge < -0.3 is 14.8 Å². The lowest BCUT2D eigenvalue weighted by Crippen LogP contribution is -2.42. The summed E-state index contributed by atoms with van der Waals surface area (Å²) in [5.41, 5.74) is 4.19. The fraction of sp³-hybridized carbons (Fsp3) is 0.579. The summed E-state index contributed by atoms with van der Waals surface area (Å²) in [6.07, 6.45) is 5.30. The molecule has 0 bridgehead atoms. The second-order valence-electron chi connectivity index (χ2n) is 6.80. The Hall–Kier alpha value is -1.88. The lowest BCUT2D eigenvalue weighted by atomic mass is 10.0. The van der Waals surface area contributed by atoms with Gasteiger partial charge in [-0.25, -0.2) is 0 Å². The van der Waals surface area contributed by atoms with Crippen LogP contribution in [0.25, 0.3) is 0 Å². The molecular weight excluding hydrogens is 298 g/mol. The number of piperidine rings is 1. The quantitative estimate of drug-likeness (QED) is 0.886. The van der Waals surface area contributed by atoms with Crippen molar-refractivity contribution in [3.63, 3.8) is 0 Å². The van der Waals surface area contributed by atoms with Gasteiger partial charge in [0.05, 0.1) is 6.54 Å². The van der Waals surface area contributed by atoms with Gasteiger partial charge in [0.1, 0.15) is 12.2 Å². The van der Waals surface area contributed by atoms with Gasteiger partial charge in [-0.1, -0.05) is 19.1 Å². The predicted molar refractivity (Wildman–Crippen MR) is 98.3 cm³/mol. The Morgan fingerprint density at radius 1 is 1.21 bits per heavy atom. The zero-order valence-electron chi connectivity index (χ0n) is 15.1. The number of aryl methyl sites for hydroxylation is 2. The summed E-state index contributed by atoms with van der Waals surface area (Å²) in [4.78, 5) is 2.53. The Bertz CT molecular complexity index is 656. The van der Waals surface area contributed by atoms with E-state index in [9.17, 15) is 0 Å². The number of nitrogens with one attached hydrogen (secondary N) is 1. The number of rotatable bonds is 6. The molecule has 0 amide bonds. The van der Waals surface area contributed by atoms with Crippen LogP contribution in [0.4, 0.5) is 5.69 Å². The topological polar surface area (TPSA) is 46.0 Å². The van der Waals surface area contributed by atoms with Gasteiger partial charge in [-0.3, -0.25) is 0 Å². The summed E-state index contributed by atoms with van der Waals surface area (Å²) in [7, 11) is 0. The second-order valence-corrected chi connectivity index (χ2v) is 6.80. The molecule has 2 aromatic rings. The van der Waals surface area contributed by atoms with E-state index in [4.69, 9.17) is 0 Å². The normalized spacial score (nSPS) is 15.9. The number of aromatic nitrogens is 3. The third-order valence-electron chi connectivity index (χ3n) is 5.12. The number of anilines is 1. The molecule has 5 nitrogen and oxygen atoms in total. The summed E-state index contributed by atoms with van der Waals surface area (Å²) in [5, 5.41) is 12.0. The van der Waals surface area contributed by atoms with E-state index in [1.807, 2.05) is 6.33 Å². The van der Waals surface area contributed by atoms with Crippen LogP contribution in [0.1, 0.15) is 43.1 Å². The Balaban J connectivity index is 1.52. The third kappa shape index (κ3) is 3.78. The highest BCUT2D eigenvalue weighted by molar-refractivity contribution is 5.56. The van der Waals surface area contributed by atoms with Crippen LogP contribution in [0.15, 0.2) is 24.5 Å². The zero-order chi connectivity index (χ0) is 16.9. The van der Waals surface area contributed by atoms with Crippen LogP contribution in [-0.2, 0) is 13.1 Å². The minimum atomic E-state index is 0.568. The summed E-state index contributed by atoms with van der Waals surface area (Å²) < 4.78 is 2.15. The van der Waals surface area contributed by atoms with E-state index < -0.39 is 0 Å². The van der Waals surface area contributed by atoms with Crippen molar-refractivity contribution in [2.24, 2.45) is 0 Å².